The van der Waals surface area contributed by atoms with Crippen molar-refractivity contribution in [3.63, 3.8) is 0 Å². The van der Waals surface area contributed by atoms with Gasteiger partial charge in [0.15, 0.2) is 16.7 Å². The highest BCUT2D eigenvalue weighted by atomic mass is 35.5. The summed E-state index contributed by atoms with van der Waals surface area (Å²) in [5, 5.41) is 27.0. The molecule has 4 rings (SSSR count). The standard InChI is InChI=1S/C22H28ClN7O2/c1-21(2,3)30-18(26-17-12-25-16(11-24)19(23)27-17)10-15(28-30)13-5-6-14(9-13)29(20(31)32)22(4)7-8-22/h10,12-14H,5-9H2,1-4H3,(H,26,27)(H,31,32)/t13-,14+/m0/s1. The van der Waals surface area contributed by atoms with Crippen LogP contribution in [-0.2, 0) is 5.54 Å². The molecule has 2 aromatic rings. The lowest BCUT2D eigenvalue weighted by Gasteiger charge is -2.32. The Morgan fingerprint density at radius 2 is 2.12 bits per heavy atom. The molecule has 1 amide bonds. The number of carbonyl (C=O) groups is 1. The molecule has 2 fully saturated rings. The van der Waals surface area contributed by atoms with Crippen molar-refractivity contribution in [1.29, 1.82) is 5.26 Å². The molecular weight excluding hydrogens is 430 g/mol. The lowest BCUT2D eigenvalue weighted by Crippen LogP contribution is -2.45. The third-order valence-corrected chi connectivity index (χ3v) is 6.67. The molecule has 2 aromatic heterocycles. The smallest absolute Gasteiger partial charge is 0.408 e. The minimum absolute atomic E-state index is 0.0180. The highest BCUT2D eigenvalue weighted by Crippen LogP contribution is 2.47. The van der Waals surface area contributed by atoms with E-state index in [-0.39, 0.29) is 33.9 Å². The lowest BCUT2D eigenvalue weighted by molar-refractivity contribution is 0.0955. The fraction of sp³-hybridized carbons (Fsp3) is 0.591. The summed E-state index contributed by atoms with van der Waals surface area (Å²) in [6.07, 6.45) is 5.02. The molecule has 0 radical (unpaired) electrons. The third-order valence-electron chi connectivity index (χ3n) is 6.41. The fourth-order valence-electron chi connectivity index (χ4n) is 4.54. The van der Waals surface area contributed by atoms with Crippen LogP contribution in [0.5, 0.6) is 0 Å². The van der Waals surface area contributed by atoms with Gasteiger partial charge in [0.05, 0.1) is 17.4 Å². The second kappa shape index (κ2) is 7.93. The zero-order chi connectivity index (χ0) is 23.3. The summed E-state index contributed by atoms with van der Waals surface area (Å²) >= 11 is 6.04. The second-order valence-corrected chi connectivity index (χ2v) is 10.3. The topological polar surface area (TPSA) is 120 Å². The van der Waals surface area contributed by atoms with E-state index < -0.39 is 6.09 Å². The molecule has 2 atom stereocenters. The van der Waals surface area contributed by atoms with E-state index in [1.807, 2.05) is 23.7 Å². The lowest BCUT2D eigenvalue weighted by atomic mass is 10.0. The maximum Gasteiger partial charge on any atom is 0.408 e. The van der Waals surface area contributed by atoms with Gasteiger partial charge in [-0.2, -0.15) is 10.4 Å². The van der Waals surface area contributed by atoms with Crippen LogP contribution >= 0.6 is 11.6 Å². The van der Waals surface area contributed by atoms with Crippen LogP contribution in [0.3, 0.4) is 0 Å². The van der Waals surface area contributed by atoms with Gasteiger partial charge in [-0.3, -0.25) is 4.90 Å². The molecule has 2 saturated carbocycles. The van der Waals surface area contributed by atoms with E-state index >= 15 is 0 Å². The molecule has 2 heterocycles. The summed E-state index contributed by atoms with van der Waals surface area (Å²) in [4.78, 5) is 21.9. The molecule has 0 spiro atoms. The molecule has 170 valence electrons. The van der Waals surface area contributed by atoms with Gasteiger partial charge in [-0.15, -0.1) is 0 Å². The van der Waals surface area contributed by atoms with Crippen LogP contribution < -0.4 is 5.32 Å². The molecule has 10 heteroatoms. The summed E-state index contributed by atoms with van der Waals surface area (Å²) in [5.41, 5.74) is 0.503. The Morgan fingerprint density at radius 1 is 1.41 bits per heavy atom. The summed E-state index contributed by atoms with van der Waals surface area (Å²) < 4.78 is 1.90. The molecule has 2 N–H and O–H groups in total. The first-order chi connectivity index (χ1) is 15.0. The van der Waals surface area contributed by atoms with Gasteiger partial charge in [-0.1, -0.05) is 11.6 Å². The SMILES string of the molecule is CC1(N(C(=O)O)[C@@H]2CC[C@H](c3cc(Nc4cnc(C#N)c(Cl)n4)n(C(C)(C)C)n3)C2)CC1. The van der Waals surface area contributed by atoms with Crippen molar-refractivity contribution in [3.8, 4) is 6.07 Å². The number of nitriles is 1. The number of anilines is 2. The van der Waals surface area contributed by atoms with Crippen molar-refractivity contribution in [2.75, 3.05) is 5.32 Å². The van der Waals surface area contributed by atoms with Gasteiger partial charge < -0.3 is 10.4 Å². The van der Waals surface area contributed by atoms with Gasteiger partial charge in [0.2, 0.25) is 0 Å². The minimum atomic E-state index is -0.825. The predicted octanol–water partition coefficient (Wildman–Crippen LogP) is 4.87. The first-order valence-corrected chi connectivity index (χ1v) is 11.2. The van der Waals surface area contributed by atoms with Crippen LogP contribution in [0.4, 0.5) is 16.4 Å². The van der Waals surface area contributed by atoms with E-state index in [9.17, 15) is 9.90 Å². The van der Waals surface area contributed by atoms with E-state index in [1.54, 1.807) is 4.90 Å². The quantitative estimate of drug-likeness (QED) is 0.657. The molecule has 0 aromatic carbocycles. The summed E-state index contributed by atoms with van der Waals surface area (Å²) in [6.45, 7) is 8.21. The van der Waals surface area contributed by atoms with Crippen LogP contribution in [0, 0.1) is 11.3 Å². The number of nitrogens with one attached hydrogen (secondary N) is 1. The Hall–Kier alpha value is -2.86. The number of nitrogens with zero attached hydrogens (tertiary/aromatic N) is 6. The highest BCUT2D eigenvalue weighted by Gasteiger charge is 2.50. The van der Waals surface area contributed by atoms with Crippen molar-refractivity contribution in [2.24, 2.45) is 0 Å². The molecule has 0 aliphatic heterocycles. The Labute approximate surface area is 192 Å². The first kappa shape index (κ1) is 22.3. The van der Waals surface area contributed by atoms with Crippen molar-refractivity contribution in [3.05, 3.63) is 28.8 Å². The highest BCUT2D eigenvalue weighted by molar-refractivity contribution is 6.30. The Kier molecular flexibility index (Phi) is 5.53. The molecule has 2 aliphatic rings. The Morgan fingerprint density at radius 3 is 2.69 bits per heavy atom. The van der Waals surface area contributed by atoms with Gasteiger partial charge in [-0.05, 0) is 59.8 Å². The summed E-state index contributed by atoms with van der Waals surface area (Å²) in [6, 6.07) is 3.92. The van der Waals surface area contributed by atoms with Crippen molar-refractivity contribution < 1.29 is 9.90 Å². The molecule has 2 aliphatic carbocycles. The number of hydrogen-bond donors (Lipinski definition) is 2. The largest absolute Gasteiger partial charge is 0.465 e. The zero-order valence-electron chi connectivity index (χ0n) is 18.8. The number of halogens is 1. The molecule has 32 heavy (non-hydrogen) atoms. The van der Waals surface area contributed by atoms with E-state index in [1.165, 1.54) is 6.20 Å². The van der Waals surface area contributed by atoms with Gasteiger partial charge in [0.25, 0.3) is 0 Å². The van der Waals surface area contributed by atoms with Crippen LogP contribution in [-0.4, -0.2) is 47.4 Å². The predicted molar refractivity (Wildman–Crippen MR) is 120 cm³/mol. The van der Waals surface area contributed by atoms with Crippen LogP contribution in [0.1, 0.15) is 77.1 Å². The van der Waals surface area contributed by atoms with Gasteiger partial charge in [0, 0.05) is 23.6 Å². The minimum Gasteiger partial charge on any atom is -0.465 e. The van der Waals surface area contributed by atoms with Crippen molar-refractivity contribution in [1.82, 2.24) is 24.6 Å². The van der Waals surface area contributed by atoms with E-state index in [4.69, 9.17) is 22.0 Å². The van der Waals surface area contributed by atoms with Crippen molar-refractivity contribution in [2.45, 2.75) is 82.8 Å². The average molecular weight is 458 g/mol. The first-order valence-electron chi connectivity index (χ1n) is 10.8. The second-order valence-electron chi connectivity index (χ2n) is 9.98. The van der Waals surface area contributed by atoms with E-state index in [0.29, 0.717) is 5.82 Å². The maximum absolute atomic E-state index is 11.9. The number of amides is 1. The van der Waals surface area contributed by atoms with Crippen LogP contribution in [0.15, 0.2) is 12.3 Å². The number of carboxylic acid groups (broad SMARTS) is 1. The maximum atomic E-state index is 11.9. The van der Waals surface area contributed by atoms with E-state index in [0.717, 1.165) is 43.6 Å². The molecule has 9 nitrogen and oxygen atoms in total. The normalized spacial score (nSPS) is 21.8. The average Bonchev–Trinajstić information content (AvgIpc) is 3.10. The van der Waals surface area contributed by atoms with Crippen LogP contribution in [0.2, 0.25) is 5.15 Å². The molecule has 0 unspecified atom stereocenters. The van der Waals surface area contributed by atoms with Gasteiger partial charge in [-0.25, -0.2) is 19.4 Å². The molecular formula is C22H28ClN7O2. The number of rotatable bonds is 5. The van der Waals surface area contributed by atoms with Crippen LogP contribution in [0.25, 0.3) is 0 Å². The summed E-state index contributed by atoms with van der Waals surface area (Å²) in [7, 11) is 0. The molecule has 0 saturated heterocycles. The Balaban J connectivity index is 1.58. The zero-order valence-corrected chi connectivity index (χ0v) is 19.5. The van der Waals surface area contributed by atoms with Gasteiger partial charge in [0.1, 0.15) is 11.9 Å². The fourth-order valence-corrected chi connectivity index (χ4v) is 4.72. The van der Waals surface area contributed by atoms with Crippen molar-refractivity contribution >= 4 is 29.3 Å². The third kappa shape index (κ3) is 4.24. The number of hydrogen-bond acceptors (Lipinski definition) is 6. The van der Waals surface area contributed by atoms with E-state index in [2.05, 4.69) is 36.1 Å². The monoisotopic (exact) mass is 457 g/mol. The number of aromatic nitrogens is 4. The van der Waals surface area contributed by atoms with Gasteiger partial charge >= 0.3 is 6.09 Å². The Bertz CT molecular complexity index is 1080. The summed E-state index contributed by atoms with van der Waals surface area (Å²) in [5.74, 6) is 1.35. The molecule has 0 bridgehead atoms.